The molecule has 0 saturated heterocycles. The number of thioether (sulfide) groups is 1. The zero-order valence-electron chi connectivity index (χ0n) is 19.4. The van der Waals surface area contributed by atoms with Crippen molar-refractivity contribution < 1.29 is 4.79 Å². The van der Waals surface area contributed by atoms with Crippen LogP contribution in [0.4, 0.5) is 10.9 Å². The Labute approximate surface area is 231 Å². The molecule has 4 rings (SSSR count). The van der Waals surface area contributed by atoms with Crippen LogP contribution < -0.4 is 11.1 Å². The van der Waals surface area contributed by atoms with Crippen molar-refractivity contribution in [3.8, 4) is 34.5 Å². The van der Waals surface area contributed by atoms with Gasteiger partial charge in [0.1, 0.15) is 28.5 Å². The highest BCUT2D eigenvalue weighted by atomic mass is 35.5. The first-order valence-electron chi connectivity index (χ1n) is 10.8. The summed E-state index contributed by atoms with van der Waals surface area (Å²) in [7, 11) is 0. The second kappa shape index (κ2) is 11.6. The normalized spacial score (nSPS) is 10.5. The van der Waals surface area contributed by atoms with E-state index in [0.29, 0.717) is 42.8 Å². The highest BCUT2D eigenvalue weighted by molar-refractivity contribution is 7.99. The summed E-state index contributed by atoms with van der Waals surface area (Å²) < 4.78 is 0. The predicted molar refractivity (Wildman–Crippen MR) is 150 cm³/mol. The number of pyridine rings is 1. The van der Waals surface area contributed by atoms with Crippen LogP contribution in [0.1, 0.15) is 23.1 Å². The molecule has 3 N–H and O–H groups in total. The molecule has 0 atom stereocenters. The molecule has 0 fully saturated rings. The van der Waals surface area contributed by atoms with Gasteiger partial charge in [-0.1, -0.05) is 53.0 Å². The number of nitriles is 2. The lowest BCUT2D eigenvalue weighted by molar-refractivity contribution is -0.115. The third kappa shape index (κ3) is 6.04. The van der Waals surface area contributed by atoms with Gasteiger partial charge < -0.3 is 11.1 Å². The van der Waals surface area contributed by atoms with E-state index in [9.17, 15) is 15.3 Å². The van der Waals surface area contributed by atoms with Crippen LogP contribution in [-0.2, 0) is 4.79 Å². The molecule has 0 bridgehead atoms. The van der Waals surface area contributed by atoms with Crippen molar-refractivity contribution in [1.29, 1.82) is 10.5 Å². The maximum absolute atomic E-state index is 12.5. The summed E-state index contributed by atoms with van der Waals surface area (Å²) in [6.45, 7) is 1.95. The van der Waals surface area contributed by atoms with Gasteiger partial charge in [0, 0.05) is 33.7 Å². The van der Waals surface area contributed by atoms with E-state index in [1.165, 1.54) is 23.1 Å². The average Bonchev–Trinajstić information content (AvgIpc) is 3.32. The second-order valence-electron chi connectivity index (χ2n) is 7.83. The molecular weight excluding hydrogens is 547 g/mol. The number of hydrogen-bond acceptors (Lipinski definition) is 8. The SMILES string of the molecule is Cc1ccc(-c2c(C#N)c(N)nc(SCCC(=O)Nc3nc(-c4ccc(Cl)cc4Cl)cs3)c2C#N)cc1. The van der Waals surface area contributed by atoms with Crippen LogP contribution in [0, 0.1) is 29.6 Å². The van der Waals surface area contributed by atoms with Crippen LogP contribution in [-0.4, -0.2) is 21.6 Å². The number of benzene rings is 2. The lowest BCUT2D eigenvalue weighted by atomic mass is 9.96. The topological polar surface area (TPSA) is 128 Å². The fourth-order valence-electron chi connectivity index (χ4n) is 3.49. The number of halogens is 2. The number of aryl methyl sites for hydroxylation is 1. The number of hydrogen-bond donors (Lipinski definition) is 2. The third-order valence-corrected chi connectivity index (χ3v) is 7.56. The Balaban J connectivity index is 1.46. The number of anilines is 2. The number of thiazole rings is 1. The van der Waals surface area contributed by atoms with Gasteiger partial charge in [-0.15, -0.1) is 23.1 Å². The Morgan fingerprint density at radius 2 is 1.84 bits per heavy atom. The number of carbonyl (C=O) groups is 1. The van der Waals surface area contributed by atoms with Gasteiger partial charge >= 0.3 is 0 Å². The van der Waals surface area contributed by atoms with Gasteiger partial charge in [0.15, 0.2) is 5.13 Å². The number of nitrogens with two attached hydrogens (primary N) is 1. The van der Waals surface area contributed by atoms with Crippen molar-refractivity contribution in [3.63, 3.8) is 0 Å². The molecule has 4 aromatic rings. The molecule has 0 aliphatic carbocycles. The summed E-state index contributed by atoms with van der Waals surface area (Å²) in [5, 5.41) is 26.0. The minimum absolute atomic E-state index is 0.0419. The molecule has 2 heterocycles. The van der Waals surface area contributed by atoms with Gasteiger partial charge in [-0.2, -0.15) is 10.5 Å². The van der Waals surface area contributed by atoms with Gasteiger partial charge in [-0.05, 0) is 30.7 Å². The number of nitrogens with zero attached hydrogens (tertiary/aromatic N) is 4. The summed E-state index contributed by atoms with van der Waals surface area (Å²) in [4.78, 5) is 21.3. The lowest BCUT2D eigenvalue weighted by Crippen LogP contribution is -2.12. The van der Waals surface area contributed by atoms with E-state index in [1.807, 2.05) is 31.2 Å². The largest absolute Gasteiger partial charge is 0.383 e. The first-order chi connectivity index (χ1) is 17.8. The fraction of sp³-hybridized carbons (Fsp3) is 0.115. The summed E-state index contributed by atoms with van der Waals surface area (Å²) in [5.41, 5.74) is 10.0. The Hall–Kier alpha value is -3.60. The first kappa shape index (κ1) is 26.5. The van der Waals surface area contributed by atoms with E-state index in [1.54, 1.807) is 23.6 Å². The Morgan fingerprint density at radius 1 is 1.11 bits per heavy atom. The predicted octanol–water partition coefficient (Wildman–Crippen LogP) is 6.93. The van der Waals surface area contributed by atoms with Gasteiger partial charge in [-0.3, -0.25) is 4.79 Å². The third-order valence-electron chi connectivity index (χ3n) is 5.28. The summed E-state index contributed by atoms with van der Waals surface area (Å²) in [5.74, 6) is 0.141. The smallest absolute Gasteiger partial charge is 0.226 e. The van der Waals surface area contributed by atoms with E-state index in [2.05, 4.69) is 27.4 Å². The van der Waals surface area contributed by atoms with Gasteiger partial charge in [-0.25, -0.2) is 9.97 Å². The Kier molecular flexibility index (Phi) is 8.32. The molecule has 0 aliphatic heterocycles. The molecule has 11 heteroatoms. The monoisotopic (exact) mass is 564 g/mol. The quantitative estimate of drug-likeness (QED) is 0.232. The molecule has 184 valence electrons. The minimum Gasteiger partial charge on any atom is -0.383 e. The molecule has 37 heavy (non-hydrogen) atoms. The number of carbonyl (C=O) groups excluding carboxylic acids is 1. The maximum atomic E-state index is 12.5. The van der Waals surface area contributed by atoms with Gasteiger partial charge in [0.2, 0.25) is 5.91 Å². The molecule has 2 aromatic carbocycles. The van der Waals surface area contributed by atoms with Crippen molar-refractivity contribution >= 4 is 63.2 Å². The maximum Gasteiger partial charge on any atom is 0.226 e. The zero-order chi connectivity index (χ0) is 26.5. The summed E-state index contributed by atoms with van der Waals surface area (Å²) in [6.07, 6.45) is 0.146. The molecule has 0 radical (unpaired) electrons. The molecule has 7 nitrogen and oxygen atoms in total. The van der Waals surface area contributed by atoms with Crippen LogP contribution in [0.15, 0.2) is 52.9 Å². The second-order valence-corrected chi connectivity index (χ2v) is 10.6. The zero-order valence-corrected chi connectivity index (χ0v) is 22.5. The van der Waals surface area contributed by atoms with Crippen molar-refractivity contribution in [1.82, 2.24) is 9.97 Å². The molecule has 0 unspecified atom stereocenters. The fourth-order valence-corrected chi connectivity index (χ4v) is 5.65. The van der Waals surface area contributed by atoms with Crippen LogP contribution in [0.25, 0.3) is 22.4 Å². The van der Waals surface area contributed by atoms with Crippen LogP contribution in [0.3, 0.4) is 0 Å². The number of nitrogen functional groups attached to an aromatic ring is 1. The highest BCUT2D eigenvalue weighted by Gasteiger charge is 2.21. The summed E-state index contributed by atoms with van der Waals surface area (Å²) >= 11 is 14.7. The number of amides is 1. The molecule has 0 saturated carbocycles. The first-order valence-corrected chi connectivity index (χ1v) is 13.5. The molecule has 1 amide bonds. The van der Waals surface area contributed by atoms with E-state index >= 15 is 0 Å². The molecule has 2 aromatic heterocycles. The number of rotatable bonds is 7. The van der Waals surface area contributed by atoms with E-state index in [-0.39, 0.29) is 29.3 Å². The van der Waals surface area contributed by atoms with E-state index < -0.39 is 0 Å². The molecule has 0 aliphatic rings. The van der Waals surface area contributed by atoms with E-state index in [4.69, 9.17) is 28.9 Å². The van der Waals surface area contributed by atoms with Crippen molar-refractivity contribution in [2.75, 3.05) is 16.8 Å². The summed E-state index contributed by atoms with van der Waals surface area (Å²) in [6, 6.07) is 16.8. The lowest BCUT2D eigenvalue weighted by Gasteiger charge is -2.13. The van der Waals surface area contributed by atoms with Crippen LogP contribution in [0.2, 0.25) is 10.0 Å². The van der Waals surface area contributed by atoms with Crippen LogP contribution in [0.5, 0.6) is 0 Å². The highest BCUT2D eigenvalue weighted by Crippen LogP contribution is 2.36. The number of nitrogens with one attached hydrogen (secondary N) is 1. The van der Waals surface area contributed by atoms with Gasteiger partial charge in [0.05, 0.1) is 16.3 Å². The average molecular weight is 566 g/mol. The Bertz CT molecular complexity index is 1570. The van der Waals surface area contributed by atoms with Gasteiger partial charge in [0.25, 0.3) is 0 Å². The van der Waals surface area contributed by atoms with E-state index in [0.717, 1.165) is 11.1 Å². The molecule has 0 spiro atoms. The van der Waals surface area contributed by atoms with Crippen molar-refractivity contribution in [2.24, 2.45) is 0 Å². The van der Waals surface area contributed by atoms with Crippen molar-refractivity contribution in [3.05, 3.63) is 74.6 Å². The van der Waals surface area contributed by atoms with Crippen LogP contribution >= 0.6 is 46.3 Å². The standard InChI is InChI=1S/C26H18Cl2N6OS2/c1-14-2-4-15(5-3-14)23-18(11-29)24(31)34-25(19(23)12-30)36-9-8-22(35)33-26-32-21(13-37-26)17-7-6-16(27)10-20(17)28/h2-7,10,13H,8-9H2,1H3,(H2,31,34)(H,32,33,35). The van der Waals surface area contributed by atoms with Crippen molar-refractivity contribution in [2.45, 2.75) is 18.4 Å². The minimum atomic E-state index is -0.241. The Morgan fingerprint density at radius 3 is 2.51 bits per heavy atom. The molecular formula is C26H18Cl2N6OS2. The number of aromatic nitrogens is 2.